The van der Waals surface area contributed by atoms with E-state index in [0.717, 1.165) is 11.1 Å². The summed E-state index contributed by atoms with van der Waals surface area (Å²) in [6, 6.07) is 13.5. The Morgan fingerprint density at radius 2 is 1.58 bits per heavy atom. The molecule has 0 saturated carbocycles. The van der Waals surface area contributed by atoms with Gasteiger partial charge in [0.05, 0.1) is 25.0 Å². The van der Waals surface area contributed by atoms with Crippen LogP contribution in [0.2, 0.25) is 0 Å². The molecule has 2 aromatic carbocycles. The number of benzene rings is 2. The monoisotopic (exact) mass is 968 g/mol. The van der Waals surface area contributed by atoms with Gasteiger partial charge < -0.3 is 47.9 Å². The van der Waals surface area contributed by atoms with E-state index in [1.807, 2.05) is 130 Å². The highest BCUT2D eigenvalue weighted by atomic mass is 32.1. The third-order valence-electron chi connectivity index (χ3n) is 12.6. The first kappa shape index (κ1) is 53.7. The number of amides is 6. The minimum Gasteiger partial charge on any atom is -0.399 e. The number of hydrogen-bond acceptors (Lipinski definition) is 12. The van der Waals surface area contributed by atoms with Crippen molar-refractivity contribution in [3.05, 3.63) is 100 Å². The fourth-order valence-corrected chi connectivity index (χ4v) is 9.18. The summed E-state index contributed by atoms with van der Waals surface area (Å²) in [5.74, 6) is -3.43. The molecule has 18 heteroatoms. The van der Waals surface area contributed by atoms with Gasteiger partial charge in [-0.2, -0.15) is 0 Å². The predicted octanol–water partition coefficient (Wildman–Crippen LogP) is 4.01. The quantitative estimate of drug-likeness (QED) is 0.103. The van der Waals surface area contributed by atoms with E-state index >= 15 is 4.79 Å². The van der Waals surface area contributed by atoms with E-state index in [1.165, 1.54) is 16.2 Å². The van der Waals surface area contributed by atoms with E-state index in [9.17, 15) is 24.0 Å². The van der Waals surface area contributed by atoms with E-state index < -0.39 is 70.7 Å². The maximum absolute atomic E-state index is 15.0. The number of rotatable bonds is 16. The van der Waals surface area contributed by atoms with Crippen LogP contribution in [0.15, 0.2) is 89.1 Å². The van der Waals surface area contributed by atoms with Crippen molar-refractivity contribution < 1.29 is 28.8 Å². The molecule has 3 unspecified atom stereocenters. The molecular weight excluding hydrogens is 895 g/mol. The number of amidine groups is 1. The number of thiazole rings is 1. The van der Waals surface area contributed by atoms with Gasteiger partial charge in [-0.25, -0.2) is 4.98 Å². The van der Waals surface area contributed by atoms with Crippen LogP contribution in [-0.4, -0.2) is 101 Å². The van der Waals surface area contributed by atoms with Gasteiger partial charge in [-0.15, -0.1) is 11.3 Å². The summed E-state index contributed by atoms with van der Waals surface area (Å²) in [5.41, 5.74) is 6.92. The Labute approximate surface area is 411 Å². The lowest BCUT2D eigenvalue weighted by molar-refractivity contribution is -0.140. The lowest BCUT2D eigenvalue weighted by atomic mass is 9.82. The van der Waals surface area contributed by atoms with E-state index in [-0.39, 0.29) is 54.9 Å². The Hall–Kier alpha value is -6.30. The lowest BCUT2D eigenvalue weighted by Crippen LogP contribution is -2.65. The molecule has 17 nitrogen and oxygen atoms in total. The average molecular weight is 968 g/mol. The molecule has 0 spiro atoms. The smallest absolute Gasteiger partial charge is 0.244 e. The standard InChI is InChI=1S/C51H73N11O6S/c1-30(2)39-45(65)61-42(50(5,6)7)44(56-29-38(64)62-23-21-31(3)41(62)47(67)58-39)60-43(51(8,9)10)48(68)59-40(32(4)34-19-15-12-16-20-34)46(66)57-36(49-54-22-24-69-49)25-37(63)55-28-35(52)27-53-26-33-17-13-11-14-18-33/h11-20,22,24,27,30-32,36,39-43,53H,21,23,25-26,28-29,52H2,1-10H3,(H,55,63)(H,56,60)(H,57,66)(H,58,67)(H,59,68)(H,61,65)/b35-27-/t31-,32+,36-,39+,40?,41+,42?,43?/m1/s1. The number of aliphatic imine (C=N–C) groups is 1. The van der Waals surface area contributed by atoms with Crippen LogP contribution in [0.25, 0.3) is 0 Å². The third-order valence-corrected chi connectivity index (χ3v) is 13.4. The van der Waals surface area contributed by atoms with Crippen LogP contribution in [0, 0.1) is 22.7 Å². The molecule has 3 aromatic rings. The van der Waals surface area contributed by atoms with E-state index in [1.54, 1.807) is 17.8 Å². The van der Waals surface area contributed by atoms with Crippen LogP contribution in [0.1, 0.15) is 110 Å². The molecule has 3 heterocycles. The highest BCUT2D eigenvalue weighted by Crippen LogP contribution is 2.29. The largest absolute Gasteiger partial charge is 0.399 e. The molecule has 69 heavy (non-hydrogen) atoms. The number of nitrogens with zero attached hydrogens (tertiary/aromatic N) is 3. The molecule has 8 atom stereocenters. The first-order valence-electron chi connectivity index (χ1n) is 23.8. The maximum atomic E-state index is 15.0. The van der Waals surface area contributed by atoms with Gasteiger partial charge in [0.2, 0.25) is 35.4 Å². The van der Waals surface area contributed by atoms with Gasteiger partial charge in [0.15, 0.2) is 0 Å². The van der Waals surface area contributed by atoms with Crippen molar-refractivity contribution in [3.8, 4) is 0 Å². The molecule has 1 aromatic heterocycles. The van der Waals surface area contributed by atoms with Gasteiger partial charge in [-0.3, -0.25) is 33.8 Å². The first-order chi connectivity index (χ1) is 32.5. The summed E-state index contributed by atoms with van der Waals surface area (Å²) >= 11 is 1.28. The summed E-state index contributed by atoms with van der Waals surface area (Å²) < 4.78 is 0. The molecule has 0 bridgehead atoms. The summed E-state index contributed by atoms with van der Waals surface area (Å²) in [6.07, 6.45) is 3.69. The molecule has 9 N–H and O–H groups in total. The second-order valence-electron chi connectivity index (χ2n) is 20.7. The Morgan fingerprint density at radius 3 is 2.19 bits per heavy atom. The zero-order valence-electron chi connectivity index (χ0n) is 41.7. The Bertz CT molecular complexity index is 2290. The van der Waals surface area contributed by atoms with E-state index in [2.05, 4.69) is 42.2 Å². The van der Waals surface area contributed by atoms with Crippen molar-refractivity contribution in [1.29, 1.82) is 0 Å². The SMILES string of the molecule is CC(C)[C@@H]1NC(=O)[C@@H]2[C@H](C)CCN2C(=O)CN=C(NC(C(=O)NC(C(=O)N[C@H](CC(=O)NC/C(N)=C/NCc2ccccc2)c2nccs2)[C@@H](C)c2ccccc2)C(C)(C)C)C(C(C)(C)C)NC1=O. The molecule has 2 aliphatic rings. The molecule has 374 valence electrons. The maximum Gasteiger partial charge on any atom is 0.244 e. The third kappa shape index (κ3) is 14.8. The molecule has 1 fully saturated rings. The Kier molecular flexibility index (Phi) is 18.5. The molecule has 0 aliphatic carbocycles. The molecule has 6 amide bonds. The highest BCUT2D eigenvalue weighted by Gasteiger charge is 2.44. The summed E-state index contributed by atoms with van der Waals surface area (Å²) in [4.78, 5) is 96.0. The molecule has 2 aliphatic heterocycles. The van der Waals surface area contributed by atoms with Gasteiger partial charge >= 0.3 is 0 Å². The predicted molar refractivity (Wildman–Crippen MR) is 269 cm³/mol. The summed E-state index contributed by atoms with van der Waals surface area (Å²) in [5, 5.41) is 23.8. The van der Waals surface area contributed by atoms with Crippen molar-refractivity contribution in [2.24, 2.45) is 33.4 Å². The Morgan fingerprint density at radius 1 is 0.913 bits per heavy atom. The molecule has 0 radical (unpaired) electrons. The van der Waals surface area contributed by atoms with Gasteiger partial charge in [-0.1, -0.05) is 130 Å². The van der Waals surface area contributed by atoms with Crippen LogP contribution in [0.3, 0.4) is 0 Å². The van der Waals surface area contributed by atoms with E-state index in [0.29, 0.717) is 30.2 Å². The summed E-state index contributed by atoms with van der Waals surface area (Å²) in [6.45, 7) is 19.4. The second kappa shape index (κ2) is 23.8. The number of carbonyl (C=O) groups is 6. The van der Waals surface area contributed by atoms with E-state index in [4.69, 9.17) is 10.7 Å². The highest BCUT2D eigenvalue weighted by molar-refractivity contribution is 7.09. The zero-order valence-corrected chi connectivity index (χ0v) is 42.5. The summed E-state index contributed by atoms with van der Waals surface area (Å²) in [7, 11) is 0. The van der Waals surface area contributed by atoms with Crippen LogP contribution < -0.4 is 43.0 Å². The van der Waals surface area contributed by atoms with Crippen molar-refractivity contribution in [2.75, 3.05) is 19.6 Å². The van der Waals surface area contributed by atoms with Gasteiger partial charge in [0, 0.05) is 42.5 Å². The molecular formula is C51H73N11O6S. The van der Waals surface area contributed by atoms with Crippen LogP contribution in [0.5, 0.6) is 0 Å². The van der Waals surface area contributed by atoms with Crippen molar-refractivity contribution in [2.45, 2.75) is 131 Å². The number of aromatic nitrogens is 1. The minimum absolute atomic E-state index is 0.0656. The van der Waals surface area contributed by atoms with Crippen LogP contribution >= 0.6 is 11.3 Å². The lowest BCUT2D eigenvalue weighted by Gasteiger charge is -2.39. The van der Waals surface area contributed by atoms with Gasteiger partial charge in [0.1, 0.15) is 41.6 Å². The number of nitrogens with two attached hydrogens (primary N) is 1. The topological polar surface area (TPSA) is 241 Å². The van der Waals surface area contributed by atoms with Gasteiger partial charge in [0.25, 0.3) is 0 Å². The average Bonchev–Trinajstić information content (AvgIpc) is 3.98. The molecule has 1 saturated heterocycles. The number of hydrogen-bond donors (Lipinski definition) is 8. The number of fused-ring (bicyclic) bond motifs is 1. The van der Waals surface area contributed by atoms with Crippen LogP contribution in [0.4, 0.5) is 0 Å². The van der Waals surface area contributed by atoms with Crippen molar-refractivity contribution >= 4 is 52.6 Å². The Balaban J connectivity index is 1.43. The second-order valence-corrected chi connectivity index (χ2v) is 21.6. The number of carbonyl (C=O) groups excluding carboxylic acids is 6. The number of nitrogens with one attached hydrogen (secondary N) is 7. The molecule has 5 rings (SSSR count). The first-order valence-corrected chi connectivity index (χ1v) is 24.7. The zero-order chi connectivity index (χ0) is 50.6. The van der Waals surface area contributed by atoms with Crippen molar-refractivity contribution in [1.82, 2.24) is 47.1 Å². The van der Waals surface area contributed by atoms with Crippen molar-refractivity contribution in [3.63, 3.8) is 0 Å². The van der Waals surface area contributed by atoms with Gasteiger partial charge in [-0.05, 0) is 40.2 Å². The van der Waals surface area contributed by atoms with Crippen LogP contribution in [-0.2, 0) is 35.3 Å². The minimum atomic E-state index is -1.16. The fourth-order valence-electron chi connectivity index (χ4n) is 8.49. The normalized spacial score (nSPS) is 21.2. The fraction of sp³-hybridized carbons (Fsp3) is 0.529.